The second-order valence-electron chi connectivity index (χ2n) is 22.7. The number of rotatable bonds is 6. The van der Waals surface area contributed by atoms with E-state index in [-0.39, 0.29) is 21.7 Å². The van der Waals surface area contributed by atoms with Crippen molar-refractivity contribution < 1.29 is 35.7 Å². The molecule has 0 atom stereocenters. The van der Waals surface area contributed by atoms with Gasteiger partial charge in [-0.2, -0.15) is 26.3 Å². The number of nitrogens with zero attached hydrogens (tertiary/aromatic N) is 2. The van der Waals surface area contributed by atoms with Crippen molar-refractivity contribution in [1.29, 1.82) is 0 Å². The maximum atomic E-state index is 15.3. The molecule has 0 saturated carbocycles. The lowest BCUT2D eigenvalue weighted by molar-refractivity contribution is -0.377. The summed E-state index contributed by atoms with van der Waals surface area (Å²) in [6.45, 7) is 28.7. The van der Waals surface area contributed by atoms with Gasteiger partial charge < -0.3 is 13.8 Å². The smallest absolute Gasteiger partial charge is 0.383 e. The molecule has 5 aromatic rings. The third-order valence-corrected chi connectivity index (χ3v) is 13.3. The van der Waals surface area contributed by atoms with Gasteiger partial charge in [0.2, 0.25) is 0 Å². The highest BCUT2D eigenvalue weighted by molar-refractivity contribution is 6.45. The molecule has 7 rings (SSSR count). The van der Waals surface area contributed by atoms with Crippen LogP contribution in [0.15, 0.2) is 120 Å². The quantitative estimate of drug-likeness (QED) is 0.126. The molecule has 67 heavy (non-hydrogen) atoms. The molecule has 0 spiro atoms. The van der Waals surface area contributed by atoms with E-state index in [0.717, 1.165) is 52.8 Å². The number of aliphatic imine (C=N–C) groups is 1. The summed E-state index contributed by atoms with van der Waals surface area (Å²) in [5.74, 6) is 0. The molecule has 0 amide bonds. The highest BCUT2D eigenvalue weighted by atomic mass is 19.4. The third kappa shape index (κ3) is 9.15. The minimum atomic E-state index is -5.91. The minimum absolute atomic E-state index is 0.0973. The lowest BCUT2D eigenvalue weighted by Crippen LogP contribution is -2.67. The zero-order valence-electron chi connectivity index (χ0n) is 41.4. The fourth-order valence-corrected chi connectivity index (χ4v) is 9.07. The minimum Gasteiger partial charge on any atom is -0.383 e. The molecule has 0 N–H and O–H groups in total. The van der Waals surface area contributed by atoms with Gasteiger partial charge in [-0.25, -0.2) is 4.99 Å². The number of allylic oxidation sites excluding steroid dienone is 3. The van der Waals surface area contributed by atoms with E-state index < -0.39 is 30.8 Å². The highest BCUT2D eigenvalue weighted by Crippen LogP contribution is 2.58. The van der Waals surface area contributed by atoms with Crippen LogP contribution in [0.3, 0.4) is 0 Å². The van der Waals surface area contributed by atoms with E-state index in [2.05, 4.69) is 107 Å². The summed E-state index contributed by atoms with van der Waals surface area (Å²) >= 11 is 0. The van der Waals surface area contributed by atoms with Crippen molar-refractivity contribution in [2.75, 3.05) is 0 Å². The molecule has 0 bridgehead atoms. The molecule has 1 fully saturated rings. The monoisotopic (exact) mass is 920 g/mol. The third-order valence-electron chi connectivity index (χ3n) is 13.3. The second-order valence-corrected chi connectivity index (χ2v) is 22.7. The predicted molar refractivity (Wildman–Crippen MR) is 262 cm³/mol. The fourth-order valence-electron chi connectivity index (χ4n) is 9.07. The fraction of sp³-hybridized carbons (Fsp3) is 0.411. The zero-order chi connectivity index (χ0) is 49.7. The number of benzene rings is 4. The van der Waals surface area contributed by atoms with Crippen LogP contribution in [-0.4, -0.2) is 41.0 Å². The van der Waals surface area contributed by atoms with Crippen molar-refractivity contribution >= 4 is 24.1 Å². The van der Waals surface area contributed by atoms with Crippen LogP contribution < -0.4 is 0 Å². The van der Waals surface area contributed by atoms with Crippen LogP contribution in [0.5, 0.6) is 0 Å². The lowest BCUT2D eigenvalue weighted by atomic mass is 9.84. The van der Waals surface area contributed by atoms with Crippen molar-refractivity contribution in [2.45, 2.75) is 149 Å². The van der Waals surface area contributed by atoms with Crippen molar-refractivity contribution in [3.63, 3.8) is 0 Å². The van der Waals surface area contributed by atoms with Gasteiger partial charge in [0.05, 0.1) is 17.0 Å². The van der Waals surface area contributed by atoms with Gasteiger partial charge in [-0.1, -0.05) is 180 Å². The first-order chi connectivity index (χ1) is 30.7. The van der Waals surface area contributed by atoms with Crippen LogP contribution in [0, 0.1) is 0 Å². The SMILES string of the molecule is C/C(=C1/N=C(c2ccc(C(C)(C)C)cc2)C=C1c1ccc(C(C)(C)C)cc1)c1c(-c2ccc(C(C)(C)C)cc2)cc(-c2ccc(C(C)(C)C)cc2)n1B1OC(C)(C)C(C(F)(F)F)(C(F)(F)F)O1. The molecule has 1 aromatic heterocycles. The lowest BCUT2D eigenvalue weighted by Gasteiger charge is -2.41. The average Bonchev–Trinajstić information content (AvgIpc) is 3.92. The Morgan fingerprint density at radius 1 is 0.522 bits per heavy atom. The molecule has 2 aliphatic heterocycles. The predicted octanol–water partition coefficient (Wildman–Crippen LogP) is 15.9. The molecule has 2 aliphatic rings. The molecule has 0 unspecified atom stereocenters. The van der Waals surface area contributed by atoms with Crippen LogP contribution in [-0.2, 0) is 31.0 Å². The number of hydrogen-bond acceptors (Lipinski definition) is 3. The Kier molecular flexibility index (Phi) is 12.3. The average molecular weight is 921 g/mol. The van der Waals surface area contributed by atoms with Crippen molar-refractivity contribution in [3.8, 4) is 22.4 Å². The second kappa shape index (κ2) is 16.5. The van der Waals surface area contributed by atoms with Gasteiger partial charge in [-0.3, -0.25) is 0 Å². The van der Waals surface area contributed by atoms with Crippen LogP contribution in [0.1, 0.15) is 143 Å². The van der Waals surface area contributed by atoms with Crippen LogP contribution in [0.2, 0.25) is 0 Å². The molecular weight excluding hydrogens is 857 g/mol. The van der Waals surface area contributed by atoms with E-state index in [9.17, 15) is 0 Å². The van der Waals surface area contributed by atoms with Gasteiger partial charge in [0.1, 0.15) is 0 Å². The van der Waals surface area contributed by atoms with Crippen LogP contribution in [0.25, 0.3) is 33.5 Å². The van der Waals surface area contributed by atoms with Crippen LogP contribution in [0.4, 0.5) is 26.3 Å². The Hall–Kier alpha value is -5.13. The molecule has 4 nitrogen and oxygen atoms in total. The summed E-state index contributed by atoms with van der Waals surface area (Å²) in [6, 6.07) is 33.6. The molecule has 11 heteroatoms. The van der Waals surface area contributed by atoms with E-state index in [0.29, 0.717) is 45.1 Å². The number of aromatic nitrogens is 1. The number of halogens is 6. The first-order valence-electron chi connectivity index (χ1n) is 22.9. The standard InChI is InChI=1S/C56H63BF6N2O2/c1-34(47-43(35-16-24-39(25-17-35)49(2,3)4)32-45(64-47)37-20-28-41(29-21-37)51(8,9)10)48-44(36-18-26-40(27-19-36)50(5,6)7)33-46(38-22-30-42(31-23-38)52(11,12)13)65(48)57-66-53(14,15)54(67-57,55(58,59)60)56(61,62)63/h16-33H,1-15H3/b47-34-. The van der Waals surface area contributed by atoms with Gasteiger partial charge in [0.15, 0.2) is 0 Å². The van der Waals surface area contributed by atoms with Crippen LogP contribution >= 0.6 is 0 Å². The Labute approximate surface area is 393 Å². The maximum Gasteiger partial charge on any atom is 0.599 e. The molecular formula is C56H63BF6N2O2. The van der Waals surface area contributed by atoms with Crippen molar-refractivity contribution in [2.24, 2.45) is 4.99 Å². The molecule has 3 heterocycles. The van der Waals surface area contributed by atoms with Crippen molar-refractivity contribution in [3.05, 3.63) is 154 Å². The summed E-state index contributed by atoms with van der Waals surface area (Å²) in [5.41, 5.74) is 2.41. The van der Waals surface area contributed by atoms with Gasteiger partial charge in [0.25, 0.3) is 5.60 Å². The zero-order valence-corrected chi connectivity index (χ0v) is 41.4. The Balaban J connectivity index is 1.59. The molecule has 4 aromatic carbocycles. The van der Waals surface area contributed by atoms with E-state index in [1.165, 1.54) is 4.48 Å². The first kappa shape index (κ1) is 49.8. The largest absolute Gasteiger partial charge is 0.599 e. The summed E-state index contributed by atoms with van der Waals surface area (Å²) in [7, 11) is -2.20. The van der Waals surface area contributed by atoms with E-state index in [1.807, 2.05) is 91.9 Å². The molecule has 354 valence electrons. The normalized spacial score (nSPS) is 17.8. The number of hydrogen-bond donors (Lipinski definition) is 0. The Bertz CT molecular complexity index is 2730. The van der Waals surface area contributed by atoms with Gasteiger partial charge >= 0.3 is 19.6 Å². The Morgan fingerprint density at radius 2 is 0.896 bits per heavy atom. The maximum absolute atomic E-state index is 15.3. The van der Waals surface area contributed by atoms with Gasteiger partial charge in [-0.15, -0.1) is 0 Å². The van der Waals surface area contributed by atoms with E-state index in [1.54, 1.807) is 0 Å². The first-order valence-corrected chi connectivity index (χ1v) is 22.9. The van der Waals surface area contributed by atoms with Gasteiger partial charge in [0, 0.05) is 28.1 Å². The summed E-state index contributed by atoms with van der Waals surface area (Å²) in [5, 5.41) is 0. The molecule has 1 saturated heterocycles. The summed E-state index contributed by atoms with van der Waals surface area (Å²) < 4.78 is 104. The van der Waals surface area contributed by atoms with E-state index >= 15 is 26.3 Å². The van der Waals surface area contributed by atoms with Crippen molar-refractivity contribution in [1.82, 2.24) is 4.48 Å². The van der Waals surface area contributed by atoms with E-state index in [4.69, 9.17) is 14.3 Å². The summed E-state index contributed by atoms with van der Waals surface area (Å²) in [6.07, 6.45) is -9.82. The van der Waals surface area contributed by atoms with Gasteiger partial charge in [-0.05, 0) is 99.1 Å². The molecule has 0 aliphatic carbocycles. The topological polar surface area (TPSA) is 35.8 Å². The number of alkyl halides is 6. The Morgan fingerprint density at radius 3 is 1.27 bits per heavy atom. The summed E-state index contributed by atoms with van der Waals surface area (Å²) in [4.78, 5) is 5.31. The highest BCUT2D eigenvalue weighted by Gasteiger charge is 2.83. The molecule has 0 radical (unpaired) electrons.